The molecule has 0 saturated carbocycles. The van der Waals surface area contributed by atoms with Crippen LogP contribution in [0.4, 0.5) is 0 Å². The summed E-state index contributed by atoms with van der Waals surface area (Å²) in [4.78, 5) is 26.6. The molecule has 3 aromatic heterocycles. The van der Waals surface area contributed by atoms with Crippen LogP contribution in [-0.2, 0) is 6.54 Å². The van der Waals surface area contributed by atoms with Crippen molar-refractivity contribution < 1.29 is 0 Å². The standard InChI is InChI=1S/C25H19N7OS/c1-15-16(2)26-10-9-21(15)32-25(33)24-23(30-32)18-5-3-4-6-22(18)31(29-24)12-17-7-8-19(27-11-17)20-13-34-14-28-20/h3-11,13-14H,12H2,1-2H3. The fourth-order valence-electron chi connectivity index (χ4n) is 4.06. The van der Waals surface area contributed by atoms with Crippen molar-refractivity contribution in [3.05, 3.63) is 92.9 Å². The number of benzene rings is 1. The molecule has 0 spiro atoms. The van der Waals surface area contributed by atoms with Gasteiger partial charge < -0.3 is 0 Å². The van der Waals surface area contributed by atoms with E-state index in [2.05, 4.69) is 20.1 Å². The van der Waals surface area contributed by atoms with Gasteiger partial charge in [-0.2, -0.15) is 14.9 Å². The topological polar surface area (TPSA) is 91.4 Å². The van der Waals surface area contributed by atoms with Gasteiger partial charge in [0.2, 0.25) is 0 Å². The average molecular weight is 466 g/mol. The van der Waals surface area contributed by atoms with Crippen molar-refractivity contribution in [3.63, 3.8) is 0 Å². The first kappa shape index (κ1) is 20.4. The summed E-state index contributed by atoms with van der Waals surface area (Å²) in [5.41, 5.74) is 8.51. The van der Waals surface area contributed by atoms with Crippen molar-refractivity contribution >= 4 is 22.2 Å². The van der Waals surface area contributed by atoms with Crippen LogP contribution in [0.2, 0.25) is 0 Å². The van der Waals surface area contributed by atoms with Gasteiger partial charge in [0, 0.05) is 28.9 Å². The molecule has 8 nitrogen and oxygen atoms in total. The van der Waals surface area contributed by atoms with Gasteiger partial charge in [0.1, 0.15) is 5.69 Å². The first-order valence-corrected chi connectivity index (χ1v) is 11.7. The molecule has 0 radical (unpaired) electrons. The molecule has 0 N–H and O–H groups in total. The van der Waals surface area contributed by atoms with Crippen LogP contribution in [-0.4, -0.2) is 34.5 Å². The van der Waals surface area contributed by atoms with E-state index >= 15 is 0 Å². The van der Waals surface area contributed by atoms with Gasteiger partial charge in [-0.05, 0) is 43.2 Å². The Hall–Kier alpha value is -4.24. The number of aryl methyl sites for hydroxylation is 1. The van der Waals surface area contributed by atoms with Crippen LogP contribution in [0.5, 0.6) is 0 Å². The lowest BCUT2D eigenvalue weighted by atomic mass is 10.1. The van der Waals surface area contributed by atoms with Gasteiger partial charge >= 0.3 is 5.56 Å². The number of aromatic nitrogens is 7. The SMILES string of the molecule is Cc1nccc(-n2nc3c4ccccc4n(Cc4ccc(-c5cscn5)nc4)nc-3c2=O)c1C. The molecule has 34 heavy (non-hydrogen) atoms. The highest BCUT2D eigenvalue weighted by molar-refractivity contribution is 7.07. The summed E-state index contributed by atoms with van der Waals surface area (Å²) in [5, 5.41) is 12.3. The van der Waals surface area contributed by atoms with Crippen molar-refractivity contribution in [3.8, 4) is 28.5 Å². The summed E-state index contributed by atoms with van der Waals surface area (Å²) >= 11 is 1.54. The number of nitrogens with zero attached hydrogens (tertiary/aromatic N) is 7. The highest BCUT2D eigenvalue weighted by Crippen LogP contribution is 2.27. The Bertz CT molecular complexity index is 1670. The maximum absolute atomic E-state index is 13.4. The first-order valence-electron chi connectivity index (χ1n) is 10.7. The molecule has 0 amide bonds. The molecule has 0 bridgehead atoms. The monoisotopic (exact) mass is 465 g/mol. The predicted molar refractivity (Wildman–Crippen MR) is 131 cm³/mol. The Morgan fingerprint density at radius 2 is 1.79 bits per heavy atom. The van der Waals surface area contributed by atoms with E-state index in [-0.39, 0.29) is 5.56 Å². The lowest BCUT2D eigenvalue weighted by Gasteiger charge is -2.12. The molecule has 0 aliphatic carbocycles. The fourth-order valence-corrected chi connectivity index (χ4v) is 4.61. The normalized spacial score (nSPS) is 11.5. The molecule has 0 unspecified atom stereocenters. The number of hydrogen-bond acceptors (Lipinski definition) is 7. The number of para-hydroxylation sites is 1. The van der Waals surface area contributed by atoms with Gasteiger partial charge in [-0.15, -0.1) is 11.3 Å². The third kappa shape index (κ3) is 3.29. The Morgan fingerprint density at radius 3 is 2.59 bits per heavy atom. The summed E-state index contributed by atoms with van der Waals surface area (Å²) in [7, 11) is 0. The van der Waals surface area contributed by atoms with Crippen molar-refractivity contribution in [2.75, 3.05) is 0 Å². The number of thiazole rings is 1. The molecule has 4 aromatic rings. The Kier molecular flexibility index (Phi) is 4.77. The van der Waals surface area contributed by atoms with E-state index in [1.165, 1.54) is 4.68 Å². The van der Waals surface area contributed by atoms with Gasteiger partial charge in [-0.25, -0.2) is 4.98 Å². The first-order chi connectivity index (χ1) is 16.6. The average Bonchev–Trinajstić information content (AvgIpc) is 3.51. The second-order valence-corrected chi connectivity index (χ2v) is 8.77. The highest BCUT2D eigenvalue weighted by atomic mass is 32.1. The van der Waals surface area contributed by atoms with Gasteiger partial charge in [0.25, 0.3) is 0 Å². The van der Waals surface area contributed by atoms with Gasteiger partial charge in [-0.3, -0.25) is 19.4 Å². The van der Waals surface area contributed by atoms with Crippen LogP contribution < -0.4 is 5.56 Å². The molecular weight excluding hydrogens is 446 g/mol. The minimum Gasteiger partial charge on any atom is -0.265 e. The van der Waals surface area contributed by atoms with E-state index in [1.807, 2.05) is 66.5 Å². The zero-order valence-corrected chi connectivity index (χ0v) is 19.3. The van der Waals surface area contributed by atoms with Crippen LogP contribution in [0.25, 0.3) is 39.4 Å². The molecule has 2 aliphatic heterocycles. The maximum atomic E-state index is 13.4. The van der Waals surface area contributed by atoms with Crippen LogP contribution >= 0.6 is 11.3 Å². The minimum atomic E-state index is -0.250. The van der Waals surface area contributed by atoms with Crippen molar-refractivity contribution in [1.82, 2.24) is 34.5 Å². The van der Waals surface area contributed by atoms with E-state index in [1.54, 1.807) is 29.1 Å². The number of pyridine rings is 2. The summed E-state index contributed by atoms with van der Waals surface area (Å²) in [6, 6.07) is 13.6. The van der Waals surface area contributed by atoms with Gasteiger partial charge in [-0.1, -0.05) is 24.3 Å². The van der Waals surface area contributed by atoms with Crippen LogP contribution in [0.1, 0.15) is 16.8 Å². The molecule has 2 aliphatic rings. The quantitative estimate of drug-likeness (QED) is 0.386. The summed E-state index contributed by atoms with van der Waals surface area (Å²) in [6.07, 6.45) is 3.52. The smallest absolute Gasteiger partial charge is 0.265 e. The molecule has 0 saturated heterocycles. The summed E-state index contributed by atoms with van der Waals surface area (Å²) in [5.74, 6) is 0. The molecule has 0 fully saturated rings. The van der Waals surface area contributed by atoms with Crippen LogP contribution in [0.3, 0.4) is 0 Å². The van der Waals surface area contributed by atoms with Gasteiger partial charge in [0.05, 0.1) is 34.6 Å². The largest absolute Gasteiger partial charge is 0.301 e. The minimum absolute atomic E-state index is 0.250. The van der Waals surface area contributed by atoms with E-state index in [9.17, 15) is 4.79 Å². The molecule has 9 heteroatoms. The van der Waals surface area contributed by atoms with Crippen molar-refractivity contribution in [1.29, 1.82) is 0 Å². The van der Waals surface area contributed by atoms with Crippen molar-refractivity contribution in [2.24, 2.45) is 0 Å². The lowest BCUT2D eigenvalue weighted by molar-refractivity contribution is 0.697. The molecule has 166 valence electrons. The Labute approximate surface area is 198 Å². The van der Waals surface area contributed by atoms with E-state index in [0.717, 1.165) is 39.1 Å². The molecular formula is C25H19N7OS. The van der Waals surface area contributed by atoms with Gasteiger partial charge in [0.15, 0.2) is 5.69 Å². The molecule has 5 heterocycles. The van der Waals surface area contributed by atoms with E-state index < -0.39 is 0 Å². The van der Waals surface area contributed by atoms with E-state index in [4.69, 9.17) is 5.10 Å². The third-order valence-corrected chi connectivity index (χ3v) is 6.57. The number of rotatable bonds is 4. The third-order valence-electron chi connectivity index (χ3n) is 5.98. The molecule has 0 atom stereocenters. The highest BCUT2D eigenvalue weighted by Gasteiger charge is 2.23. The maximum Gasteiger partial charge on any atom is 0.301 e. The van der Waals surface area contributed by atoms with Crippen LogP contribution in [0, 0.1) is 13.8 Å². The van der Waals surface area contributed by atoms with Crippen molar-refractivity contribution in [2.45, 2.75) is 20.4 Å². The second-order valence-electron chi connectivity index (χ2n) is 8.05. The van der Waals surface area contributed by atoms with E-state index in [0.29, 0.717) is 23.6 Å². The molecule has 6 rings (SSSR count). The summed E-state index contributed by atoms with van der Waals surface area (Å²) in [6.45, 7) is 4.33. The number of fused-ring (bicyclic) bond motifs is 3. The fraction of sp³-hybridized carbons (Fsp3) is 0.120. The Balaban J connectivity index is 1.49. The summed E-state index contributed by atoms with van der Waals surface area (Å²) < 4.78 is 3.28. The lowest BCUT2D eigenvalue weighted by Crippen LogP contribution is -2.18. The zero-order valence-electron chi connectivity index (χ0n) is 18.5. The predicted octanol–water partition coefficient (Wildman–Crippen LogP) is 4.27. The Morgan fingerprint density at radius 1 is 0.912 bits per heavy atom. The second kappa shape index (κ2) is 7.96. The zero-order chi connectivity index (χ0) is 23.2. The number of hydrogen-bond donors (Lipinski definition) is 0. The van der Waals surface area contributed by atoms with Crippen LogP contribution in [0.15, 0.2) is 70.5 Å². The molecule has 1 aromatic carbocycles.